The average molecular weight is 102 g/mol. The fraction of sp³-hybridized carbons (Fsp3) is 0.333. The van der Waals surface area contributed by atoms with E-state index in [1.807, 2.05) is 0 Å². The quantitative estimate of drug-likeness (QED) is 0.287. The first-order chi connectivity index (χ1) is 3.31. The third-order valence-corrected chi connectivity index (χ3v) is 0.352. The van der Waals surface area contributed by atoms with Crippen molar-refractivity contribution in [2.45, 2.75) is 0 Å². The van der Waals surface area contributed by atoms with E-state index in [9.17, 15) is 4.79 Å². The van der Waals surface area contributed by atoms with Crippen LogP contribution in [0.25, 0.3) is 0 Å². The van der Waals surface area contributed by atoms with Crippen molar-refractivity contribution in [3.8, 4) is 0 Å². The summed E-state index contributed by atoms with van der Waals surface area (Å²) in [5.74, 6) is 0. The third-order valence-electron chi connectivity index (χ3n) is 0.352. The van der Waals surface area contributed by atoms with E-state index in [2.05, 4.69) is 22.0 Å². The van der Waals surface area contributed by atoms with E-state index in [-0.39, 0.29) is 0 Å². The number of hydrogen-bond acceptors (Lipinski definition) is 3. The smallest absolute Gasteiger partial charge is 0.323 e. The number of carbonyl (C=O) groups is 1. The van der Waals surface area contributed by atoms with Crippen LogP contribution in [0.15, 0.2) is 5.16 Å². The summed E-state index contributed by atoms with van der Waals surface area (Å²) in [6.45, 7) is 2.92. The molecule has 0 spiro atoms. The minimum Gasteiger partial charge on any atom is -0.323 e. The zero-order valence-electron chi connectivity index (χ0n) is 3.97. The lowest BCUT2D eigenvalue weighted by Crippen LogP contribution is -2.16. The number of nitrogens with one attached hydrogen (secondary N) is 1. The molecule has 0 radical (unpaired) electrons. The summed E-state index contributed by atoms with van der Waals surface area (Å²) in [6.07, 6.45) is -0.602. The molecule has 0 fully saturated rings. The molecule has 0 heterocycles. The molecule has 40 valence electrons. The fourth-order valence-electron chi connectivity index (χ4n) is 0.104. The predicted octanol–water partition coefficient (Wildman–Crippen LogP) is -0.0420. The standard InChI is InChI=1S/C3H6N2O2/c1-4-3(6)7-5-2/h2H2,1H3,(H,4,6). The number of oxime groups is 1. The van der Waals surface area contributed by atoms with Gasteiger partial charge in [-0.1, -0.05) is 5.16 Å². The van der Waals surface area contributed by atoms with E-state index in [1.54, 1.807) is 0 Å². The summed E-state index contributed by atoms with van der Waals surface area (Å²) in [5, 5.41) is 5.02. The van der Waals surface area contributed by atoms with Crippen LogP contribution in [0.2, 0.25) is 0 Å². The van der Waals surface area contributed by atoms with Gasteiger partial charge in [0.2, 0.25) is 0 Å². The number of nitrogens with zero attached hydrogens (tertiary/aromatic N) is 1. The molecule has 0 aromatic rings. The van der Waals surface area contributed by atoms with Gasteiger partial charge in [-0.3, -0.25) is 4.84 Å². The summed E-state index contributed by atoms with van der Waals surface area (Å²) in [6, 6.07) is 0. The highest BCUT2D eigenvalue weighted by Crippen LogP contribution is 1.70. The van der Waals surface area contributed by atoms with Crippen molar-refractivity contribution in [3.05, 3.63) is 0 Å². The van der Waals surface area contributed by atoms with Crippen LogP contribution in [-0.2, 0) is 4.84 Å². The van der Waals surface area contributed by atoms with Crippen LogP contribution in [0.5, 0.6) is 0 Å². The van der Waals surface area contributed by atoms with Gasteiger partial charge in [0.15, 0.2) is 0 Å². The van der Waals surface area contributed by atoms with Crippen molar-refractivity contribution in [2.24, 2.45) is 5.16 Å². The normalized spacial score (nSPS) is 7.00. The molecule has 0 rings (SSSR count). The largest absolute Gasteiger partial charge is 0.433 e. The molecular weight excluding hydrogens is 96.0 g/mol. The maximum Gasteiger partial charge on any atom is 0.433 e. The van der Waals surface area contributed by atoms with Gasteiger partial charge in [0.1, 0.15) is 0 Å². The SMILES string of the molecule is C=NOC(=O)NC. The Morgan fingerprint density at radius 1 is 2.00 bits per heavy atom. The molecule has 0 aromatic heterocycles. The molecule has 0 aromatic carbocycles. The number of amides is 1. The Balaban J connectivity index is 3.17. The van der Waals surface area contributed by atoms with Gasteiger partial charge < -0.3 is 5.32 Å². The second kappa shape index (κ2) is 3.14. The summed E-state index contributed by atoms with van der Waals surface area (Å²) < 4.78 is 0. The Kier molecular flexibility index (Phi) is 2.67. The summed E-state index contributed by atoms with van der Waals surface area (Å²) in [5.41, 5.74) is 0. The highest BCUT2D eigenvalue weighted by Gasteiger charge is 1.89. The first-order valence-corrected chi connectivity index (χ1v) is 1.66. The van der Waals surface area contributed by atoms with E-state index in [1.165, 1.54) is 7.05 Å². The zero-order chi connectivity index (χ0) is 5.70. The summed E-state index contributed by atoms with van der Waals surface area (Å²) in [4.78, 5) is 13.9. The van der Waals surface area contributed by atoms with Gasteiger partial charge in [-0.05, 0) is 0 Å². The number of carbonyl (C=O) groups excluding carboxylic acids is 1. The van der Waals surface area contributed by atoms with Crippen LogP contribution < -0.4 is 5.32 Å². The molecule has 0 bridgehead atoms. The molecule has 0 atom stereocenters. The van der Waals surface area contributed by atoms with E-state index < -0.39 is 6.09 Å². The highest BCUT2D eigenvalue weighted by molar-refractivity contribution is 5.66. The van der Waals surface area contributed by atoms with Gasteiger partial charge in [-0.15, -0.1) is 0 Å². The third kappa shape index (κ3) is 2.75. The van der Waals surface area contributed by atoms with Crippen LogP contribution >= 0.6 is 0 Å². The van der Waals surface area contributed by atoms with E-state index in [4.69, 9.17) is 0 Å². The maximum absolute atomic E-state index is 9.94. The van der Waals surface area contributed by atoms with Gasteiger partial charge in [-0.2, -0.15) is 0 Å². The molecular formula is C3H6N2O2. The van der Waals surface area contributed by atoms with Crippen molar-refractivity contribution in [1.29, 1.82) is 0 Å². The first kappa shape index (κ1) is 5.94. The maximum atomic E-state index is 9.94. The average Bonchev–Trinajstić information content (AvgIpc) is 1.68. The Morgan fingerprint density at radius 3 is 2.71 bits per heavy atom. The molecule has 0 aliphatic heterocycles. The van der Waals surface area contributed by atoms with Crippen LogP contribution in [-0.4, -0.2) is 19.9 Å². The predicted molar refractivity (Wildman–Crippen MR) is 25.1 cm³/mol. The van der Waals surface area contributed by atoms with Crippen molar-refractivity contribution in [2.75, 3.05) is 7.05 Å². The lowest BCUT2D eigenvalue weighted by Gasteiger charge is -1.89. The van der Waals surface area contributed by atoms with Gasteiger partial charge in [0, 0.05) is 13.8 Å². The lowest BCUT2D eigenvalue weighted by atomic mass is 11.1. The van der Waals surface area contributed by atoms with E-state index in [0.717, 1.165) is 0 Å². The molecule has 0 saturated heterocycles. The van der Waals surface area contributed by atoms with Crippen molar-refractivity contribution >= 4 is 12.8 Å². The van der Waals surface area contributed by atoms with Gasteiger partial charge >= 0.3 is 6.09 Å². The van der Waals surface area contributed by atoms with Crippen molar-refractivity contribution in [3.63, 3.8) is 0 Å². The number of hydrogen-bond donors (Lipinski definition) is 1. The molecule has 0 aliphatic rings. The Hall–Kier alpha value is -1.06. The summed E-state index contributed by atoms with van der Waals surface area (Å²) >= 11 is 0. The molecule has 4 heteroatoms. The Morgan fingerprint density at radius 2 is 2.57 bits per heavy atom. The van der Waals surface area contributed by atoms with Crippen molar-refractivity contribution in [1.82, 2.24) is 5.32 Å². The van der Waals surface area contributed by atoms with Crippen LogP contribution in [0.4, 0.5) is 4.79 Å². The van der Waals surface area contributed by atoms with E-state index >= 15 is 0 Å². The van der Waals surface area contributed by atoms with Crippen LogP contribution in [0.3, 0.4) is 0 Å². The molecule has 4 nitrogen and oxygen atoms in total. The monoisotopic (exact) mass is 102 g/mol. The second-order valence-corrected chi connectivity index (χ2v) is 0.758. The molecule has 0 saturated carbocycles. The van der Waals surface area contributed by atoms with Gasteiger partial charge in [0.05, 0.1) is 0 Å². The number of rotatable bonds is 1. The first-order valence-electron chi connectivity index (χ1n) is 1.66. The van der Waals surface area contributed by atoms with Crippen LogP contribution in [0, 0.1) is 0 Å². The summed E-state index contributed by atoms with van der Waals surface area (Å²) in [7, 11) is 1.44. The van der Waals surface area contributed by atoms with Gasteiger partial charge in [-0.25, -0.2) is 4.79 Å². The van der Waals surface area contributed by atoms with Crippen LogP contribution in [0.1, 0.15) is 0 Å². The second-order valence-electron chi connectivity index (χ2n) is 0.758. The zero-order valence-corrected chi connectivity index (χ0v) is 3.97. The fourth-order valence-corrected chi connectivity index (χ4v) is 0.104. The molecule has 1 amide bonds. The Labute approximate surface area is 41.1 Å². The Bertz CT molecular complexity index is 81.0. The minimum atomic E-state index is -0.602. The molecule has 7 heavy (non-hydrogen) atoms. The van der Waals surface area contributed by atoms with Crippen molar-refractivity contribution < 1.29 is 9.63 Å². The molecule has 1 N–H and O–H groups in total. The lowest BCUT2D eigenvalue weighted by molar-refractivity contribution is 0.154. The minimum absolute atomic E-state index is 0.602. The highest BCUT2D eigenvalue weighted by atomic mass is 16.7. The molecule has 0 aliphatic carbocycles. The van der Waals surface area contributed by atoms with Gasteiger partial charge in [0.25, 0.3) is 0 Å². The van der Waals surface area contributed by atoms with E-state index in [0.29, 0.717) is 0 Å². The molecule has 0 unspecified atom stereocenters. The topological polar surface area (TPSA) is 50.7 Å².